The molecule has 1 atom stereocenters. The van der Waals surface area contributed by atoms with Crippen LogP contribution in [0.2, 0.25) is 0 Å². The Morgan fingerprint density at radius 3 is 2.82 bits per heavy atom. The number of nitrogens with zero attached hydrogens (tertiary/aromatic N) is 2. The van der Waals surface area contributed by atoms with E-state index in [0.717, 1.165) is 18.7 Å². The van der Waals surface area contributed by atoms with Crippen LogP contribution in [0.3, 0.4) is 0 Å². The summed E-state index contributed by atoms with van der Waals surface area (Å²) in [5.41, 5.74) is 5.43. The number of nitrogens with two attached hydrogens (primary N) is 1. The number of rotatable bonds is 6. The molecule has 0 fully saturated rings. The largest absolute Gasteiger partial charge is 0.330 e. The Labute approximate surface area is 102 Å². The van der Waals surface area contributed by atoms with E-state index in [2.05, 4.69) is 10.4 Å². The van der Waals surface area contributed by atoms with Gasteiger partial charge in [0.15, 0.2) is 0 Å². The highest BCUT2D eigenvalue weighted by atomic mass is 16.1. The van der Waals surface area contributed by atoms with Gasteiger partial charge in [0.25, 0.3) is 0 Å². The fourth-order valence-corrected chi connectivity index (χ4v) is 1.63. The molecule has 1 unspecified atom stereocenters. The van der Waals surface area contributed by atoms with Gasteiger partial charge in [-0.25, -0.2) is 4.68 Å². The van der Waals surface area contributed by atoms with Gasteiger partial charge in [0.2, 0.25) is 5.91 Å². The van der Waals surface area contributed by atoms with Crippen molar-refractivity contribution in [3.8, 4) is 0 Å². The number of hydrogen-bond donors (Lipinski definition) is 2. The minimum atomic E-state index is -0.0194. The first-order chi connectivity index (χ1) is 8.06. The molecule has 0 radical (unpaired) electrons. The summed E-state index contributed by atoms with van der Waals surface area (Å²) in [6.45, 7) is 6.60. The summed E-state index contributed by atoms with van der Waals surface area (Å²) >= 11 is 0. The summed E-state index contributed by atoms with van der Waals surface area (Å²) in [5, 5.41) is 7.07. The van der Waals surface area contributed by atoms with E-state index >= 15 is 0 Å². The molecule has 5 heteroatoms. The molecule has 1 rings (SSSR count). The SMILES string of the molecule is CC(CCCN)C(=O)Nc1ccnn1C(C)C. The van der Waals surface area contributed by atoms with Gasteiger partial charge in [0.05, 0.1) is 6.20 Å². The van der Waals surface area contributed by atoms with Gasteiger partial charge in [0.1, 0.15) is 5.82 Å². The zero-order valence-corrected chi connectivity index (χ0v) is 10.8. The lowest BCUT2D eigenvalue weighted by Crippen LogP contribution is -2.23. The van der Waals surface area contributed by atoms with Gasteiger partial charge in [-0.15, -0.1) is 0 Å². The maximum Gasteiger partial charge on any atom is 0.228 e. The molecular weight excluding hydrogens is 216 g/mol. The van der Waals surface area contributed by atoms with Crippen LogP contribution in [0.5, 0.6) is 0 Å². The Balaban J connectivity index is 2.58. The highest BCUT2D eigenvalue weighted by molar-refractivity contribution is 5.91. The molecule has 0 spiro atoms. The van der Waals surface area contributed by atoms with Crippen molar-refractivity contribution in [2.45, 2.75) is 39.7 Å². The molecule has 1 heterocycles. The van der Waals surface area contributed by atoms with Gasteiger partial charge in [-0.05, 0) is 33.2 Å². The van der Waals surface area contributed by atoms with E-state index < -0.39 is 0 Å². The van der Waals surface area contributed by atoms with Crippen LogP contribution >= 0.6 is 0 Å². The molecule has 1 amide bonds. The molecule has 0 bridgehead atoms. The maximum absolute atomic E-state index is 11.9. The first-order valence-corrected chi connectivity index (χ1v) is 6.10. The number of carbonyl (C=O) groups is 1. The van der Waals surface area contributed by atoms with Gasteiger partial charge < -0.3 is 11.1 Å². The summed E-state index contributed by atoms with van der Waals surface area (Å²) < 4.78 is 1.80. The third-order valence-electron chi connectivity index (χ3n) is 2.70. The second-order valence-corrected chi connectivity index (χ2v) is 4.58. The molecule has 96 valence electrons. The highest BCUT2D eigenvalue weighted by Gasteiger charge is 2.15. The van der Waals surface area contributed by atoms with E-state index in [1.165, 1.54) is 0 Å². The minimum absolute atomic E-state index is 0.0194. The van der Waals surface area contributed by atoms with Crippen molar-refractivity contribution in [2.75, 3.05) is 11.9 Å². The van der Waals surface area contributed by atoms with Crippen LogP contribution in [0.15, 0.2) is 12.3 Å². The summed E-state index contributed by atoms with van der Waals surface area (Å²) in [6.07, 6.45) is 3.39. The van der Waals surface area contributed by atoms with Crippen molar-refractivity contribution in [3.63, 3.8) is 0 Å². The molecule has 0 saturated heterocycles. The molecule has 0 aliphatic carbocycles. The Bertz CT molecular complexity index is 359. The topological polar surface area (TPSA) is 72.9 Å². The van der Waals surface area contributed by atoms with Gasteiger partial charge >= 0.3 is 0 Å². The molecule has 1 aromatic rings. The zero-order valence-electron chi connectivity index (χ0n) is 10.8. The average Bonchev–Trinajstić information content (AvgIpc) is 2.73. The second kappa shape index (κ2) is 6.39. The van der Waals surface area contributed by atoms with Crippen molar-refractivity contribution in [2.24, 2.45) is 11.7 Å². The zero-order chi connectivity index (χ0) is 12.8. The number of amides is 1. The van der Waals surface area contributed by atoms with Crippen LogP contribution in [0.4, 0.5) is 5.82 Å². The minimum Gasteiger partial charge on any atom is -0.330 e. The molecule has 0 saturated carbocycles. The standard InChI is InChI=1S/C12H22N4O/c1-9(2)16-11(6-8-14-16)15-12(17)10(3)5-4-7-13/h6,8-10H,4-5,7,13H2,1-3H3,(H,15,17). The Hall–Kier alpha value is -1.36. The number of hydrogen-bond acceptors (Lipinski definition) is 3. The lowest BCUT2D eigenvalue weighted by Gasteiger charge is -2.14. The molecule has 3 N–H and O–H groups in total. The predicted molar refractivity (Wildman–Crippen MR) is 68.7 cm³/mol. The highest BCUT2D eigenvalue weighted by Crippen LogP contribution is 2.15. The lowest BCUT2D eigenvalue weighted by molar-refractivity contribution is -0.119. The fourth-order valence-electron chi connectivity index (χ4n) is 1.63. The summed E-state index contributed by atoms with van der Waals surface area (Å²) in [4.78, 5) is 11.9. The molecule has 0 aliphatic heterocycles. The van der Waals surface area contributed by atoms with E-state index in [1.807, 2.05) is 26.8 Å². The third-order valence-corrected chi connectivity index (χ3v) is 2.70. The molecular formula is C12H22N4O. The van der Waals surface area contributed by atoms with Crippen molar-refractivity contribution in [1.29, 1.82) is 0 Å². The van der Waals surface area contributed by atoms with Crippen molar-refractivity contribution in [3.05, 3.63) is 12.3 Å². The number of anilines is 1. The summed E-state index contributed by atoms with van der Waals surface area (Å²) in [6, 6.07) is 2.05. The van der Waals surface area contributed by atoms with Crippen LogP contribution in [0.1, 0.15) is 39.7 Å². The number of nitrogens with one attached hydrogen (secondary N) is 1. The summed E-state index contributed by atoms with van der Waals surface area (Å²) in [7, 11) is 0. The normalized spacial score (nSPS) is 12.8. The van der Waals surface area contributed by atoms with Crippen molar-refractivity contribution >= 4 is 11.7 Å². The van der Waals surface area contributed by atoms with Crippen LogP contribution in [-0.2, 0) is 4.79 Å². The van der Waals surface area contributed by atoms with Crippen molar-refractivity contribution < 1.29 is 4.79 Å². The van der Waals surface area contributed by atoms with Gasteiger partial charge in [0, 0.05) is 18.0 Å². The van der Waals surface area contributed by atoms with E-state index in [4.69, 9.17) is 5.73 Å². The Morgan fingerprint density at radius 2 is 2.24 bits per heavy atom. The quantitative estimate of drug-likeness (QED) is 0.793. The second-order valence-electron chi connectivity index (χ2n) is 4.58. The van der Waals surface area contributed by atoms with Gasteiger partial charge in [-0.3, -0.25) is 4.79 Å². The smallest absolute Gasteiger partial charge is 0.228 e. The molecule has 17 heavy (non-hydrogen) atoms. The van der Waals surface area contributed by atoms with Crippen LogP contribution < -0.4 is 11.1 Å². The maximum atomic E-state index is 11.9. The monoisotopic (exact) mass is 238 g/mol. The third kappa shape index (κ3) is 3.85. The van der Waals surface area contributed by atoms with Crippen molar-refractivity contribution in [1.82, 2.24) is 9.78 Å². The fraction of sp³-hybridized carbons (Fsp3) is 0.667. The molecule has 0 aromatic carbocycles. The van der Waals surface area contributed by atoms with E-state index in [0.29, 0.717) is 6.54 Å². The van der Waals surface area contributed by atoms with Crippen LogP contribution in [0, 0.1) is 5.92 Å². The molecule has 5 nitrogen and oxygen atoms in total. The first-order valence-electron chi connectivity index (χ1n) is 6.10. The Morgan fingerprint density at radius 1 is 1.53 bits per heavy atom. The Kier molecular flexibility index (Phi) is 5.15. The van der Waals surface area contributed by atoms with E-state index in [1.54, 1.807) is 10.9 Å². The van der Waals surface area contributed by atoms with Gasteiger partial charge in [-0.2, -0.15) is 5.10 Å². The first kappa shape index (κ1) is 13.7. The number of carbonyl (C=O) groups excluding carboxylic acids is 1. The van der Waals surface area contributed by atoms with Crippen LogP contribution in [0.25, 0.3) is 0 Å². The van der Waals surface area contributed by atoms with E-state index in [-0.39, 0.29) is 17.9 Å². The molecule has 1 aromatic heterocycles. The van der Waals surface area contributed by atoms with E-state index in [9.17, 15) is 4.79 Å². The number of aromatic nitrogens is 2. The predicted octanol–water partition coefficient (Wildman–Crippen LogP) is 1.78. The average molecular weight is 238 g/mol. The summed E-state index contributed by atoms with van der Waals surface area (Å²) in [5.74, 6) is 0.763. The lowest BCUT2D eigenvalue weighted by atomic mass is 10.1. The molecule has 0 aliphatic rings. The van der Waals surface area contributed by atoms with Crippen LogP contribution in [-0.4, -0.2) is 22.2 Å². The van der Waals surface area contributed by atoms with Gasteiger partial charge in [-0.1, -0.05) is 6.92 Å².